The van der Waals surface area contributed by atoms with Crippen molar-refractivity contribution in [3.8, 4) is 5.75 Å². The number of nitrogens with one attached hydrogen (secondary N) is 1. The van der Waals surface area contributed by atoms with Crippen LogP contribution >= 0.6 is 23.2 Å². The predicted molar refractivity (Wildman–Crippen MR) is 114 cm³/mol. The monoisotopic (exact) mass is 420 g/mol. The summed E-state index contributed by atoms with van der Waals surface area (Å²) in [4.78, 5) is 26.3. The molecule has 0 aromatic heterocycles. The third kappa shape index (κ3) is 6.01. The molecule has 28 heavy (non-hydrogen) atoms. The molecule has 0 aliphatic heterocycles. The van der Waals surface area contributed by atoms with E-state index in [1.807, 2.05) is 31.2 Å². The zero-order valence-corrected chi connectivity index (χ0v) is 17.3. The Bertz CT molecular complexity index is 848. The van der Waals surface area contributed by atoms with E-state index in [-0.39, 0.29) is 18.4 Å². The standard InChI is InChI=1S/C21H22Cl2N2O3/c1-3-25(14-19(26)24-21-16(22)9-7-10-17(21)23)20(27)13-12-15-8-5-6-11-18(15)28-4-2/h5-13H,3-4,14H2,1-2H3,(H,24,26)/b13-12+. The fraction of sp³-hybridized carbons (Fsp3) is 0.238. The molecule has 5 nitrogen and oxygen atoms in total. The smallest absolute Gasteiger partial charge is 0.247 e. The van der Waals surface area contributed by atoms with Gasteiger partial charge in [0.25, 0.3) is 0 Å². The minimum atomic E-state index is -0.381. The minimum Gasteiger partial charge on any atom is -0.493 e. The van der Waals surface area contributed by atoms with Gasteiger partial charge in [-0.2, -0.15) is 0 Å². The Balaban J connectivity index is 2.04. The highest BCUT2D eigenvalue weighted by Gasteiger charge is 2.16. The Kier molecular flexibility index (Phi) is 8.36. The van der Waals surface area contributed by atoms with Crippen LogP contribution in [0, 0.1) is 0 Å². The van der Waals surface area contributed by atoms with Gasteiger partial charge in [-0.15, -0.1) is 0 Å². The molecule has 0 saturated carbocycles. The van der Waals surface area contributed by atoms with E-state index in [0.717, 1.165) is 5.56 Å². The second-order valence-electron chi connectivity index (χ2n) is 5.80. The second kappa shape index (κ2) is 10.7. The first-order chi connectivity index (χ1) is 13.5. The molecule has 1 N–H and O–H groups in total. The maximum absolute atomic E-state index is 12.5. The van der Waals surface area contributed by atoms with Crippen LogP contribution in [0.15, 0.2) is 48.5 Å². The Labute approximate surface area is 174 Å². The summed E-state index contributed by atoms with van der Waals surface area (Å²) in [5.41, 5.74) is 1.13. The molecule has 0 aliphatic carbocycles. The maximum Gasteiger partial charge on any atom is 0.247 e. The molecule has 0 bridgehead atoms. The molecule has 0 radical (unpaired) electrons. The van der Waals surface area contributed by atoms with Crippen LogP contribution < -0.4 is 10.1 Å². The minimum absolute atomic E-state index is 0.117. The van der Waals surface area contributed by atoms with Crippen LogP contribution in [0.25, 0.3) is 6.08 Å². The van der Waals surface area contributed by atoms with Gasteiger partial charge in [-0.1, -0.05) is 47.5 Å². The molecule has 0 spiro atoms. The third-order valence-corrected chi connectivity index (χ3v) is 4.51. The molecule has 2 aromatic rings. The van der Waals surface area contributed by atoms with E-state index in [9.17, 15) is 9.59 Å². The van der Waals surface area contributed by atoms with Crippen molar-refractivity contribution in [2.75, 3.05) is 25.0 Å². The Morgan fingerprint density at radius 2 is 1.75 bits per heavy atom. The molecule has 2 amide bonds. The molecule has 2 aromatic carbocycles. The zero-order valence-electron chi connectivity index (χ0n) is 15.7. The number of benzene rings is 2. The van der Waals surface area contributed by atoms with Crippen LogP contribution in [0.2, 0.25) is 10.0 Å². The number of amides is 2. The highest BCUT2D eigenvalue weighted by molar-refractivity contribution is 6.39. The van der Waals surface area contributed by atoms with Crippen molar-refractivity contribution in [2.45, 2.75) is 13.8 Å². The van der Waals surface area contributed by atoms with Gasteiger partial charge in [0.15, 0.2) is 0 Å². The van der Waals surface area contributed by atoms with Crippen LogP contribution in [-0.4, -0.2) is 36.4 Å². The highest BCUT2D eigenvalue weighted by Crippen LogP contribution is 2.29. The molecule has 0 aliphatic rings. The number of carbonyl (C=O) groups excluding carboxylic acids is 2. The summed E-state index contributed by atoms with van der Waals surface area (Å²) in [6, 6.07) is 12.4. The summed E-state index contributed by atoms with van der Waals surface area (Å²) >= 11 is 12.1. The van der Waals surface area contributed by atoms with Crippen molar-refractivity contribution in [1.82, 2.24) is 4.90 Å². The maximum atomic E-state index is 12.5. The number of carbonyl (C=O) groups is 2. The van der Waals surface area contributed by atoms with E-state index in [4.69, 9.17) is 27.9 Å². The number of hydrogen-bond donors (Lipinski definition) is 1. The average molecular weight is 421 g/mol. The van der Waals surface area contributed by atoms with Crippen LogP contribution in [-0.2, 0) is 9.59 Å². The van der Waals surface area contributed by atoms with Gasteiger partial charge in [-0.05, 0) is 38.1 Å². The first-order valence-electron chi connectivity index (χ1n) is 8.88. The first kappa shape index (κ1) is 21.8. The van der Waals surface area contributed by atoms with Crippen LogP contribution in [0.5, 0.6) is 5.75 Å². The van der Waals surface area contributed by atoms with E-state index >= 15 is 0 Å². The lowest BCUT2D eigenvalue weighted by Crippen LogP contribution is -2.37. The molecule has 7 heteroatoms. The lowest BCUT2D eigenvalue weighted by Gasteiger charge is -2.19. The van der Waals surface area contributed by atoms with Crippen LogP contribution in [0.4, 0.5) is 5.69 Å². The number of halogens is 2. The molecular weight excluding hydrogens is 399 g/mol. The topological polar surface area (TPSA) is 58.6 Å². The predicted octanol–water partition coefficient (Wildman–Crippen LogP) is 4.89. The Morgan fingerprint density at radius 3 is 2.39 bits per heavy atom. The van der Waals surface area contributed by atoms with Crippen molar-refractivity contribution >= 4 is 46.8 Å². The van der Waals surface area contributed by atoms with E-state index in [2.05, 4.69) is 5.32 Å². The SMILES string of the molecule is CCOc1ccccc1/C=C/C(=O)N(CC)CC(=O)Nc1c(Cl)cccc1Cl. The molecule has 148 valence electrons. The van der Waals surface area contributed by atoms with Crippen molar-refractivity contribution in [3.63, 3.8) is 0 Å². The van der Waals surface area contributed by atoms with Crippen LogP contribution in [0.1, 0.15) is 19.4 Å². The molecule has 0 heterocycles. The van der Waals surface area contributed by atoms with Gasteiger partial charge in [0.2, 0.25) is 11.8 Å². The quantitative estimate of drug-likeness (QED) is 0.618. The molecular formula is C21H22Cl2N2O3. The molecule has 0 atom stereocenters. The summed E-state index contributed by atoms with van der Waals surface area (Å²) in [5, 5.41) is 3.33. The summed E-state index contributed by atoms with van der Waals surface area (Å²) in [7, 11) is 0. The van der Waals surface area contributed by atoms with Crippen molar-refractivity contribution < 1.29 is 14.3 Å². The number of nitrogens with zero attached hydrogens (tertiary/aromatic N) is 1. The van der Waals surface area contributed by atoms with Gasteiger partial charge in [-0.25, -0.2) is 0 Å². The van der Waals surface area contributed by atoms with Crippen LogP contribution in [0.3, 0.4) is 0 Å². The van der Waals surface area contributed by atoms with Crippen molar-refractivity contribution in [3.05, 3.63) is 64.1 Å². The van der Waals surface area contributed by atoms with Gasteiger partial charge in [0.05, 0.1) is 22.3 Å². The van der Waals surface area contributed by atoms with Gasteiger partial charge >= 0.3 is 0 Å². The Morgan fingerprint density at radius 1 is 1.07 bits per heavy atom. The molecule has 2 rings (SSSR count). The molecule has 0 unspecified atom stereocenters. The number of hydrogen-bond acceptors (Lipinski definition) is 3. The number of para-hydroxylation sites is 2. The number of likely N-dealkylation sites (N-methyl/N-ethyl adjacent to an activating group) is 1. The van der Waals surface area contributed by atoms with E-state index in [1.54, 1.807) is 31.2 Å². The molecule has 0 fully saturated rings. The second-order valence-corrected chi connectivity index (χ2v) is 6.62. The van der Waals surface area contributed by atoms with Gasteiger partial charge < -0.3 is 15.0 Å². The lowest BCUT2D eigenvalue weighted by atomic mass is 10.2. The van der Waals surface area contributed by atoms with Gasteiger partial charge in [0.1, 0.15) is 12.3 Å². The Hall–Kier alpha value is -2.50. The fourth-order valence-corrected chi connectivity index (χ4v) is 2.98. The largest absolute Gasteiger partial charge is 0.493 e. The van der Waals surface area contributed by atoms with E-state index in [1.165, 1.54) is 11.0 Å². The lowest BCUT2D eigenvalue weighted by molar-refractivity contribution is -0.130. The van der Waals surface area contributed by atoms with Crippen molar-refractivity contribution in [2.24, 2.45) is 0 Å². The number of ether oxygens (including phenoxy) is 1. The summed E-state index contributed by atoms with van der Waals surface area (Å²) in [6.07, 6.45) is 3.11. The van der Waals surface area contributed by atoms with E-state index < -0.39 is 0 Å². The highest BCUT2D eigenvalue weighted by atomic mass is 35.5. The van der Waals surface area contributed by atoms with E-state index in [0.29, 0.717) is 34.6 Å². The number of rotatable bonds is 8. The normalized spacial score (nSPS) is 10.7. The summed E-state index contributed by atoms with van der Waals surface area (Å²) in [6.45, 7) is 4.49. The zero-order chi connectivity index (χ0) is 20.5. The first-order valence-corrected chi connectivity index (χ1v) is 9.64. The average Bonchev–Trinajstić information content (AvgIpc) is 2.68. The van der Waals surface area contributed by atoms with Crippen molar-refractivity contribution in [1.29, 1.82) is 0 Å². The fourth-order valence-electron chi connectivity index (χ4n) is 2.49. The third-order valence-electron chi connectivity index (χ3n) is 3.88. The van der Waals surface area contributed by atoms with Gasteiger partial charge in [-0.3, -0.25) is 9.59 Å². The summed E-state index contributed by atoms with van der Waals surface area (Å²) < 4.78 is 5.54. The van der Waals surface area contributed by atoms with Gasteiger partial charge in [0, 0.05) is 18.2 Å². The number of anilines is 1. The molecule has 0 saturated heterocycles. The summed E-state index contributed by atoms with van der Waals surface area (Å²) in [5.74, 6) is 0.0331.